The lowest BCUT2D eigenvalue weighted by Crippen LogP contribution is -2.48. The summed E-state index contributed by atoms with van der Waals surface area (Å²) >= 11 is 0. The highest BCUT2D eigenvalue weighted by Gasteiger charge is 2.21. The molecule has 3 N–H and O–H groups in total. The Morgan fingerprint density at radius 1 is 1.55 bits per heavy atom. The number of nitriles is 1. The maximum absolute atomic E-state index is 12.0. The third-order valence-electron chi connectivity index (χ3n) is 3.17. The van der Waals surface area contributed by atoms with Crippen LogP contribution in [0.15, 0.2) is 24.3 Å². The van der Waals surface area contributed by atoms with Gasteiger partial charge in [-0.1, -0.05) is 12.1 Å². The van der Waals surface area contributed by atoms with E-state index in [1.807, 2.05) is 4.90 Å². The third-order valence-corrected chi connectivity index (χ3v) is 3.17. The maximum atomic E-state index is 12.0. The summed E-state index contributed by atoms with van der Waals surface area (Å²) in [6, 6.07) is 9.01. The number of anilines is 1. The molecule has 20 heavy (non-hydrogen) atoms. The van der Waals surface area contributed by atoms with Crippen LogP contribution >= 0.6 is 0 Å². The zero-order valence-electron chi connectivity index (χ0n) is 11.2. The molecule has 0 bridgehead atoms. The van der Waals surface area contributed by atoms with Crippen LogP contribution in [0.5, 0.6) is 0 Å². The van der Waals surface area contributed by atoms with Crippen molar-refractivity contribution in [2.75, 3.05) is 38.1 Å². The predicted octanol–water partition coefficient (Wildman–Crippen LogP) is 0.156. The van der Waals surface area contributed by atoms with E-state index in [0.717, 1.165) is 0 Å². The van der Waals surface area contributed by atoms with Gasteiger partial charge in [0.2, 0.25) is 5.91 Å². The number of benzene rings is 1. The van der Waals surface area contributed by atoms with Crippen LogP contribution in [0.25, 0.3) is 0 Å². The Bertz CT molecular complexity index is 512. The third kappa shape index (κ3) is 3.78. The Labute approximate surface area is 118 Å². The fourth-order valence-corrected chi connectivity index (χ4v) is 2.15. The molecule has 1 aliphatic rings. The van der Waals surface area contributed by atoms with Crippen LogP contribution < -0.4 is 11.1 Å². The van der Waals surface area contributed by atoms with Crippen molar-refractivity contribution in [3.05, 3.63) is 29.8 Å². The number of nitrogens with zero attached hydrogens (tertiary/aromatic N) is 2. The molecule has 2 rings (SSSR count). The summed E-state index contributed by atoms with van der Waals surface area (Å²) in [6.07, 6.45) is -0.0112. The van der Waals surface area contributed by atoms with Crippen molar-refractivity contribution >= 4 is 11.6 Å². The molecular weight excluding hydrogens is 256 g/mol. The van der Waals surface area contributed by atoms with Crippen LogP contribution in [0.2, 0.25) is 0 Å². The second-order valence-corrected chi connectivity index (χ2v) is 4.67. The number of nitrogens with two attached hydrogens (primary N) is 1. The molecule has 1 atom stereocenters. The molecule has 0 spiro atoms. The minimum Gasteiger partial charge on any atom is -0.374 e. The number of hydrogen-bond acceptors (Lipinski definition) is 5. The van der Waals surface area contributed by atoms with E-state index >= 15 is 0 Å². The zero-order valence-corrected chi connectivity index (χ0v) is 11.2. The van der Waals surface area contributed by atoms with Crippen molar-refractivity contribution < 1.29 is 9.53 Å². The number of morpholine rings is 1. The van der Waals surface area contributed by atoms with Crippen LogP contribution in [0.3, 0.4) is 0 Å². The van der Waals surface area contributed by atoms with Gasteiger partial charge >= 0.3 is 0 Å². The number of ether oxygens (including phenoxy) is 1. The van der Waals surface area contributed by atoms with Gasteiger partial charge in [-0.2, -0.15) is 5.26 Å². The number of carbonyl (C=O) groups is 1. The molecular formula is C14H18N4O2. The molecule has 0 saturated carbocycles. The van der Waals surface area contributed by atoms with Gasteiger partial charge in [0, 0.05) is 19.6 Å². The normalized spacial score (nSPS) is 19.3. The minimum absolute atomic E-state index is 0.0112. The van der Waals surface area contributed by atoms with E-state index in [2.05, 4.69) is 11.4 Å². The molecule has 0 aromatic heterocycles. The fraction of sp³-hybridized carbons (Fsp3) is 0.429. The fourth-order valence-electron chi connectivity index (χ4n) is 2.15. The van der Waals surface area contributed by atoms with E-state index in [4.69, 9.17) is 15.7 Å². The van der Waals surface area contributed by atoms with Crippen molar-refractivity contribution in [3.8, 4) is 6.07 Å². The average molecular weight is 274 g/mol. The molecule has 1 fully saturated rings. The van der Waals surface area contributed by atoms with Gasteiger partial charge in [-0.15, -0.1) is 0 Å². The van der Waals surface area contributed by atoms with E-state index in [9.17, 15) is 4.79 Å². The Hall–Kier alpha value is -1.94. The lowest BCUT2D eigenvalue weighted by Gasteiger charge is -2.31. The summed E-state index contributed by atoms with van der Waals surface area (Å²) in [5.41, 5.74) is 6.58. The standard InChI is InChI=1S/C14H18N4O2/c15-7-11-3-1-2-4-13(11)17-14(19)10-18-5-6-20-12(8-16)9-18/h1-4,12H,5-6,8-10,16H2,(H,17,19). The summed E-state index contributed by atoms with van der Waals surface area (Å²) in [6.45, 7) is 2.69. The van der Waals surface area contributed by atoms with Gasteiger partial charge in [-0.05, 0) is 12.1 Å². The Balaban J connectivity index is 1.91. The largest absolute Gasteiger partial charge is 0.374 e. The van der Waals surface area contributed by atoms with E-state index in [1.165, 1.54) is 0 Å². The SMILES string of the molecule is N#Cc1ccccc1NC(=O)CN1CCOC(CN)C1. The van der Waals surface area contributed by atoms with Crippen LogP contribution in [0.4, 0.5) is 5.69 Å². The quantitative estimate of drug-likeness (QED) is 0.816. The van der Waals surface area contributed by atoms with E-state index < -0.39 is 0 Å². The van der Waals surface area contributed by atoms with Crippen LogP contribution in [-0.4, -0.2) is 49.7 Å². The highest BCUT2D eigenvalue weighted by molar-refractivity contribution is 5.93. The minimum atomic E-state index is -0.134. The first kappa shape index (κ1) is 14.5. The highest BCUT2D eigenvalue weighted by Crippen LogP contribution is 2.13. The Morgan fingerprint density at radius 3 is 3.10 bits per heavy atom. The van der Waals surface area contributed by atoms with Crippen LogP contribution in [-0.2, 0) is 9.53 Å². The summed E-state index contributed by atoms with van der Waals surface area (Å²) < 4.78 is 5.45. The molecule has 6 heteroatoms. The lowest BCUT2D eigenvalue weighted by molar-refractivity contribution is -0.119. The molecule has 1 aromatic rings. The van der Waals surface area contributed by atoms with Gasteiger partial charge in [-0.3, -0.25) is 9.69 Å². The predicted molar refractivity (Wildman–Crippen MR) is 75.0 cm³/mol. The second-order valence-electron chi connectivity index (χ2n) is 4.67. The zero-order chi connectivity index (χ0) is 14.4. The summed E-state index contributed by atoms with van der Waals surface area (Å²) in [5.74, 6) is -0.134. The van der Waals surface area contributed by atoms with E-state index in [1.54, 1.807) is 24.3 Å². The van der Waals surface area contributed by atoms with Crippen molar-refractivity contribution in [1.29, 1.82) is 5.26 Å². The second kappa shape index (κ2) is 7.01. The molecule has 106 valence electrons. The van der Waals surface area contributed by atoms with E-state index in [-0.39, 0.29) is 18.6 Å². The molecule has 1 aromatic carbocycles. The molecule has 1 unspecified atom stereocenters. The molecule has 1 aliphatic heterocycles. The summed E-state index contributed by atoms with van der Waals surface area (Å²) in [5, 5.41) is 11.7. The van der Waals surface area contributed by atoms with Gasteiger partial charge in [0.15, 0.2) is 0 Å². The average Bonchev–Trinajstić information content (AvgIpc) is 2.48. The number of nitrogens with one attached hydrogen (secondary N) is 1. The number of para-hydroxylation sites is 1. The van der Waals surface area contributed by atoms with Gasteiger partial charge < -0.3 is 15.8 Å². The van der Waals surface area contributed by atoms with Gasteiger partial charge in [0.05, 0.1) is 30.5 Å². The van der Waals surface area contributed by atoms with Gasteiger partial charge in [0.1, 0.15) is 6.07 Å². The van der Waals surface area contributed by atoms with Crippen LogP contribution in [0, 0.1) is 11.3 Å². The van der Waals surface area contributed by atoms with Crippen molar-refractivity contribution in [1.82, 2.24) is 4.90 Å². The van der Waals surface area contributed by atoms with E-state index in [0.29, 0.717) is 37.5 Å². The maximum Gasteiger partial charge on any atom is 0.238 e. The molecule has 1 heterocycles. The number of rotatable bonds is 4. The molecule has 1 saturated heterocycles. The monoisotopic (exact) mass is 274 g/mol. The first-order valence-electron chi connectivity index (χ1n) is 6.56. The van der Waals surface area contributed by atoms with Crippen molar-refractivity contribution in [2.45, 2.75) is 6.10 Å². The first-order valence-corrected chi connectivity index (χ1v) is 6.56. The number of hydrogen-bond donors (Lipinski definition) is 2. The topological polar surface area (TPSA) is 91.4 Å². The summed E-state index contributed by atoms with van der Waals surface area (Å²) in [7, 11) is 0. The van der Waals surface area contributed by atoms with Crippen LogP contribution in [0.1, 0.15) is 5.56 Å². The lowest BCUT2D eigenvalue weighted by atomic mass is 10.2. The van der Waals surface area contributed by atoms with Gasteiger partial charge in [-0.25, -0.2) is 0 Å². The Morgan fingerprint density at radius 2 is 2.35 bits per heavy atom. The number of amides is 1. The molecule has 0 aliphatic carbocycles. The highest BCUT2D eigenvalue weighted by atomic mass is 16.5. The van der Waals surface area contributed by atoms with Gasteiger partial charge in [0.25, 0.3) is 0 Å². The molecule has 1 amide bonds. The number of carbonyl (C=O) groups excluding carboxylic acids is 1. The first-order chi connectivity index (χ1) is 9.72. The summed E-state index contributed by atoms with van der Waals surface area (Å²) in [4.78, 5) is 14.0. The molecule has 6 nitrogen and oxygen atoms in total. The smallest absolute Gasteiger partial charge is 0.238 e. The Kier molecular flexibility index (Phi) is 5.07. The van der Waals surface area contributed by atoms with Crippen molar-refractivity contribution in [2.24, 2.45) is 5.73 Å². The molecule has 0 radical (unpaired) electrons. The van der Waals surface area contributed by atoms with Crippen molar-refractivity contribution in [3.63, 3.8) is 0 Å².